The lowest BCUT2D eigenvalue weighted by Crippen LogP contribution is -2.54. The van der Waals surface area contributed by atoms with Gasteiger partial charge in [0, 0.05) is 10.8 Å². The van der Waals surface area contributed by atoms with Crippen molar-refractivity contribution in [2.45, 2.75) is 23.7 Å². The topological polar surface area (TPSA) is 0 Å². The molecule has 0 heterocycles. The van der Waals surface area contributed by atoms with E-state index in [1.165, 1.54) is 11.1 Å². The summed E-state index contributed by atoms with van der Waals surface area (Å²) in [7, 11) is 0. The van der Waals surface area contributed by atoms with Crippen molar-refractivity contribution in [1.82, 2.24) is 0 Å². The second-order valence-electron chi connectivity index (χ2n) is 26.9. The maximum absolute atomic E-state index is 2.53. The van der Waals surface area contributed by atoms with E-state index in [4.69, 9.17) is 0 Å². The SMILES string of the molecule is c1ccc(CC23c4c5c6c7c8c9c(c%10c%11c2c2c4c4c%12c5c5c6c6c8c8c%13c9c9c%10c%10c%11c%11c2c2c4c4c%12c%12c5c5c6c8c6c8c%13c9c9c%10c%10c%11c2c2c4c4c%12c5c6c5c8c9c%10c2c45)C73Cc2ccccc2)cc1. The van der Waals surface area contributed by atoms with Gasteiger partial charge < -0.3 is 0 Å². The summed E-state index contributed by atoms with van der Waals surface area (Å²) < 4.78 is 0. The summed E-state index contributed by atoms with van der Waals surface area (Å²) in [5.41, 5.74) is 9.35. The standard InChI is InChI=1S/C74H14/c1-3-7-13(8-4-1)11-73-69-61-53-43-33-25-17-15-16-19-23-21(17)29-37-31(23)41-35-27(19)28-20(16)24-22-18(15)26(25)34-40-30(22)38-32(24)42-36(28)46-45(35)55-49(41)59-51(37)57(47(53)39(29)33)65(69)67(59)71-63(55)64-56(46)50(42)60-52(38)58-48(40)54(44(34)43)62(61)70(73)66(58)68(60)72(64)74(71,73)12-14-9-5-2-6-10-14/h1-10H,11-12H2. The molecule has 74 heavy (non-hydrogen) atoms. The van der Waals surface area contributed by atoms with Crippen molar-refractivity contribution in [2.24, 2.45) is 0 Å². The zero-order valence-electron chi connectivity index (χ0n) is 38.2. The molecule has 0 fully saturated rings. The molecule has 34 rings (SSSR count). The Bertz CT molecular complexity index is 6990. The third-order valence-corrected chi connectivity index (χ3v) is 26.3. The predicted molar refractivity (Wildman–Crippen MR) is 314 cm³/mol. The Hall–Kier alpha value is -9.10. The van der Waals surface area contributed by atoms with Gasteiger partial charge >= 0.3 is 0 Å². The fourth-order valence-corrected chi connectivity index (χ4v) is 26.0. The molecular formula is C74H14. The van der Waals surface area contributed by atoms with Gasteiger partial charge in [-0.1, -0.05) is 60.7 Å². The molecule has 0 spiro atoms. The second-order valence-corrected chi connectivity index (χ2v) is 26.9. The van der Waals surface area contributed by atoms with E-state index in [1.54, 1.807) is 313 Å². The van der Waals surface area contributed by atoms with Crippen molar-refractivity contribution >= 4 is 291 Å². The maximum Gasteiger partial charge on any atom is 0.0409 e. The number of hydrogen-bond donors (Lipinski definition) is 0. The minimum atomic E-state index is -0.338. The van der Waals surface area contributed by atoms with Crippen LogP contribution >= 0.6 is 0 Å². The zero-order valence-corrected chi connectivity index (χ0v) is 38.2. The molecule has 0 amide bonds. The summed E-state index contributed by atoms with van der Waals surface area (Å²) in [6, 6.07) is 24.1. The molecule has 0 radical (unpaired) electrons. The van der Waals surface area contributed by atoms with E-state index in [9.17, 15) is 0 Å². The van der Waals surface area contributed by atoms with Crippen LogP contribution in [0.25, 0.3) is 291 Å². The molecule has 4 aliphatic rings. The zero-order chi connectivity index (χ0) is 44.1. The van der Waals surface area contributed by atoms with E-state index in [2.05, 4.69) is 60.7 Å². The van der Waals surface area contributed by atoms with Crippen LogP contribution in [0.4, 0.5) is 0 Å². The van der Waals surface area contributed by atoms with Gasteiger partial charge in [-0.2, -0.15) is 0 Å². The van der Waals surface area contributed by atoms with Gasteiger partial charge in [0.1, 0.15) is 0 Å². The Balaban J connectivity index is 1.15. The first-order valence-electron chi connectivity index (χ1n) is 27.7. The van der Waals surface area contributed by atoms with Crippen molar-refractivity contribution in [3.8, 4) is 0 Å². The van der Waals surface area contributed by atoms with E-state index in [0.29, 0.717) is 0 Å². The monoisotopic (exact) mass is 902 g/mol. The van der Waals surface area contributed by atoms with Crippen molar-refractivity contribution < 1.29 is 0 Å². The molecule has 0 heteroatoms. The molecule has 0 unspecified atom stereocenters. The highest BCUT2D eigenvalue weighted by Crippen LogP contribution is 2.85. The Labute approximate surface area is 406 Å². The van der Waals surface area contributed by atoms with Crippen molar-refractivity contribution in [3.05, 3.63) is 94.0 Å². The molecule has 0 atom stereocenters. The number of rotatable bonds is 4. The molecule has 0 bridgehead atoms. The minimum absolute atomic E-state index is 0.338. The fraction of sp³-hybridized carbons (Fsp3) is 0.0541. The Morgan fingerprint density at radius 2 is 0.270 bits per heavy atom. The minimum Gasteiger partial charge on any atom is -0.0622 e. The Morgan fingerprint density at radius 3 is 0.405 bits per heavy atom. The third kappa shape index (κ3) is 1.59. The van der Waals surface area contributed by atoms with Crippen LogP contribution in [0.5, 0.6) is 0 Å². The number of hydrogen-bond acceptors (Lipinski definition) is 0. The molecule has 0 saturated heterocycles. The summed E-state index contributed by atoms with van der Waals surface area (Å²) in [6.07, 6.45) is 2.02. The normalized spacial score (nSPS) is 21.2. The van der Waals surface area contributed by atoms with Gasteiger partial charge in [0.15, 0.2) is 0 Å². The molecule has 0 nitrogen and oxygen atoms in total. The summed E-state index contributed by atoms with van der Waals surface area (Å²) in [5, 5.41) is 90.0. The highest BCUT2D eigenvalue weighted by atomic mass is 14.7. The third-order valence-electron chi connectivity index (χ3n) is 26.3. The molecular weight excluding hydrogens is 889 g/mol. The van der Waals surface area contributed by atoms with E-state index < -0.39 is 0 Å². The quantitative estimate of drug-likeness (QED) is 0.154. The average Bonchev–Trinajstić information content (AvgIpc) is 3.20. The summed E-state index contributed by atoms with van der Waals surface area (Å²) >= 11 is 0. The maximum atomic E-state index is 2.53. The highest BCUT2D eigenvalue weighted by Gasteiger charge is 2.69. The van der Waals surface area contributed by atoms with Crippen LogP contribution in [-0.2, 0) is 23.7 Å². The van der Waals surface area contributed by atoms with Crippen LogP contribution in [0.1, 0.15) is 33.4 Å². The lowest BCUT2D eigenvalue weighted by atomic mass is 9.45. The van der Waals surface area contributed by atoms with Gasteiger partial charge in [0.25, 0.3) is 0 Å². The van der Waals surface area contributed by atoms with Crippen molar-refractivity contribution in [3.63, 3.8) is 0 Å². The van der Waals surface area contributed by atoms with Gasteiger partial charge in [-0.3, -0.25) is 0 Å². The van der Waals surface area contributed by atoms with E-state index in [-0.39, 0.29) is 10.8 Å². The second kappa shape index (κ2) is 6.66. The molecule has 4 aliphatic carbocycles. The molecule has 30 aromatic carbocycles. The predicted octanol–water partition coefficient (Wildman–Crippen LogP) is 19.8. The summed E-state index contributed by atoms with van der Waals surface area (Å²) in [5.74, 6) is 0. The van der Waals surface area contributed by atoms with Gasteiger partial charge in [-0.25, -0.2) is 0 Å². The number of benzene rings is 20. The molecule has 310 valence electrons. The lowest BCUT2D eigenvalue weighted by molar-refractivity contribution is 0.317. The van der Waals surface area contributed by atoms with Crippen LogP contribution < -0.4 is 0 Å². The van der Waals surface area contributed by atoms with Gasteiger partial charge in [-0.15, -0.1) is 0 Å². The Morgan fingerprint density at radius 1 is 0.149 bits per heavy atom. The first-order valence-corrected chi connectivity index (χ1v) is 27.7. The summed E-state index contributed by atoms with van der Waals surface area (Å²) in [6.45, 7) is 0. The van der Waals surface area contributed by atoms with Crippen LogP contribution in [0.2, 0.25) is 0 Å². The van der Waals surface area contributed by atoms with Gasteiger partial charge in [0.2, 0.25) is 0 Å². The van der Waals surface area contributed by atoms with Crippen LogP contribution in [-0.4, -0.2) is 0 Å². The molecule has 0 saturated carbocycles. The average molecular weight is 903 g/mol. The fourth-order valence-electron chi connectivity index (χ4n) is 26.0. The van der Waals surface area contributed by atoms with Crippen LogP contribution in [0.3, 0.4) is 0 Å². The van der Waals surface area contributed by atoms with Crippen molar-refractivity contribution in [2.75, 3.05) is 0 Å². The first kappa shape index (κ1) is 28.2. The lowest BCUT2D eigenvalue weighted by Gasteiger charge is -2.55. The first-order chi connectivity index (χ1) is 36.9. The Kier molecular flexibility index (Phi) is 2.54. The molecule has 0 aromatic heterocycles. The molecule has 30 aromatic rings. The van der Waals surface area contributed by atoms with E-state index in [0.717, 1.165) is 12.8 Å². The molecule has 0 N–H and O–H groups in total. The van der Waals surface area contributed by atoms with Crippen LogP contribution in [0.15, 0.2) is 60.7 Å². The highest BCUT2D eigenvalue weighted by molar-refractivity contribution is 6.82. The van der Waals surface area contributed by atoms with Crippen molar-refractivity contribution in [1.29, 1.82) is 0 Å². The largest absolute Gasteiger partial charge is 0.0622 e. The van der Waals surface area contributed by atoms with E-state index in [1.807, 2.05) is 0 Å². The van der Waals surface area contributed by atoms with Gasteiger partial charge in [0.05, 0.1) is 0 Å². The van der Waals surface area contributed by atoms with Gasteiger partial charge in [-0.05, 0) is 337 Å². The smallest absolute Gasteiger partial charge is 0.0409 e. The summed E-state index contributed by atoms with van der Waals surface area (Å²) in [4.78, 5) is 0. The van der Waals surface area contributed by atoms with Crippen LogP contribution in [0, 0.1) is 0 Å². The van der Waals surface area contributed by atoms with E-state index >= 15 is 0 Å². The molecule has 0 aliphatic heterocycles.